The molecule has 2 N–H and O–H groups in total. The Balaban J connectivity index is 2.71. The van der Waals surface area contributed by atoms with E-state index >= 15 is 0 Å². The van der Waals surface area contributed by atoms with Crippen LogP contribution in [0, 0.1) is 13.8 Å². The fourth-order valence-electron chi connectivity index (χ4n) is 1.72. The first-order chi connectivity index (χ1) is 7.56. The number of hydrogen-bond acceptors (Lipinski definition) is 2. The second-order valence-corrected chi connectivity index (χ2v) is 4.53. The van der Waals surface area contributed by atoms with E-state index in [1.54, 1.807) is 0 Å². The van der Waals surface area contributed by atoms with Gasteiger partial charge in [0.1, 0.15) is 0 Å². The molecule has 0 aliphatic rings. The SMILES string of the molecule is CCCNC(C)C(O)c1ccc(C)c(C)c1. The smallest absolute Gasteiger partial charge is 0.0940 e. The molecule has 0 bridgehead atoms. The van der Waals surface area contributed by atoms with Gasteiger partial charge < -0.3 is 10.4 Å². The number of aliphatic hydroxyl groups is 1. The summed E-state index contributed by atoms with van der Waals surface area (Å²) in [4.78, 5) is 0. The number of benzene rings is 1. The third-order valence-corrected chi connectivity index (χ3v) is 3.06. The zero-order valence-electron chi connectivity index (χ0n) is 10.7. The zero-order valence-corrected chi connectivity index (χ0v) is 10.7. The van der Waals surface area contributed by atoms with Crippen molar-refractivity contribution in [3.63, 3.8) is 0 Å². The van der Waals surface area contributed by atoms with Crippen LogP contribution < -0.4 is 5.32 Å². The van der Waals surface area contributed by atoms with Crippen molar-refractivity contribution >= 4 is 0 Å². The number of rotatable bonds is 5. The predicted molar refractivity (Wildman–Crippen MR) is 68.6 cm³/mol. The Labute approximate surface area is 98.7 Å². The molecule has 1 rings (SSSR count). The van der Waals surface area contributed by atoms with Crippen LogP contribution >= 0.6 is 0 Å². The van der Waals surface area contributed by atoms with Crippen LogP contribution in [-0.2, 0) is 0 Å². The van der Waals surface area contributed by atoms with Gasteiger partial charge in [0.25, 0.3) is 0 Å². The highest BCUT2D eigenvalue weighted by Gasteiger charge is 2.15. The Hall–Kier alpha value is -0.860. The normalized spacial score (nSPS) is 14.8. The molecule has 0 fully saturated rings. The molecule has 0 heterocycles. The average Bonchev–Trinajstić information content (AvgIpc) is 2.28. The van der Waals surface area contributed by atoms with E-state index in [2.05, 4.69) is 38.2 Å². The van der Waals surface area contributed by atoms with Crippen molar-refractivity contribution < 1.29 is 5.11 Å². The van der Waals surface area contributed by atoms with Crippen molar-refractivity contribution in [3.05, 3.63) is 34.9 Å². The molecule has 2 heteroatoms. The molecule has 0 aliphatic heterocycles. The molecule has 16 heavy (non-hydrogen) atoms. The lowest BCUT2D eigenvalue weighted by molar-refractivity contribution is 0.136. The Bertz CT molecular complexity index is 336. The Morgan fingerprint density at radius 1 is 1.25 bits per heavy atom. The quantitative estimate of drug-likeness (QED) is 0.801. The summed E-state index contributed by atoms with van der Waals surface area (Å²) in [5.41, 5.74) is 3.50. The van der Waals surface area contributed by atoms with Gasteiger partial charge >= 0.3 is 0 Å². The van der Waals surface area contributed by atoms with Crippen molar-refractivity contribution in [2.75, 3.05) is 6.54 Å². The molecule has 1 aromatic carbocycles. The third kappa shape index (κ3) is 3.32. The van der Waals surface area contributed by atoms with Crippen LogP contribution in [0.2, 0.25) is 0 Å². The third-order valence-electron chi connectivity index (χ3n) is 3.06. The highest BCUT2D eigenvalue weighted by atomic mass is 16.3. The topological polar surface area (TPSA) is 32.3 Å². The van der Waals surface area contributed by atoms with Crippen LogP contribution in [-0.4, -0.2) is 17.7 Å². The minimum atomic E-state index is -0.425. The number of aryl methyl sites for hydroxylation is 2. The van der Waals surface area contributed by atoms with Crippen LogP contribution in [0.3, 0.4) is 0 Å². The van der Waals surface area contributed by atoms with Crippen molar-refractivity contribution in [2.45, 2.75) is 46.3 Å². The lowest BCUT2D eigenvalue weighted by atomic mass is 9.99. The van der Waals surface area contributed by atoms with Crippen molar-refractivity contribution in [1.82, 2.24) is 5.32 Å². The van der Waals surface area contributed by atoms with Crippen molar-refractivity contribution in [3.8, 4) is 0 Å². The molecule has 0 amide bonds. The molecule has 0 aliphatic carbocycles. The van der Waals surface area contributed by atoms with E-state index in [1.165, 1.54) is 11.1 Å². The molecule has 90 valence electrons. The maximum absolute atomic E-state index is 10.2. The predicted octanol–water partition coefficient (Wildman–Crippen LogP) is 2.72. The molecule has 0 aromatic heterocycles. The van der Waals surface area contributed by atoms with Gasteiger partial charge in [0.2, 0.25) is 0 Å². The average molecular weight is 221 g/mol. The maximum Gasteiger partial charge on any atom is 0.0940 e. The highest BCUT2D eigenvalue weighted by molar-refractivity contribution is 5.31. The van der Waals surface area contributed by atoms with E-state index in [1.807, 2.05) is 13.0 Å². The van der Waals surface area contributed by atoms with Gasteiger partial charge in [-0.2, -0.15) is 0 Å². The first-order valence-electron chi connectivity index (χ1n) is 6.04. The Morgan fingerprint density at radius 3 is 2.50 bits per heavy atom. The molecule has 0 saturated carbocycles. The van der Waals surface area contributed by atoms with E-state index in [0.29, 0.717) is 0 Å². The van der Waals surface area contributed by atoms with Crippen LogP contribution in [0.4, 0.5) is 0 Å². The molecule has 0 spiro atoms. The fraction of sp³-hybridized carbons (Fsp3) is 0.571. The standard InChI is InChI=1S/C14H23NO/c1-5-8-15-12(4)14(16)13-7-6-10(2)11(3)9-13/h6-7,9,12,14-16H,5,8H2,1-4H3. The van der Waals surface area contributed by atoms with Crippen molar-refractivity contribution in [2.24, 2.45) is 0 Å². The Kier molecular flexibility index (Phi) is 4.97. The van der Waals surface area contributed by atoms with E-state index in [4.69, 9.17) is 0 Å². The fourth-order valence-corrected chi connectivity index (χ4v) is 1.72. The lowest BCUT2D eigenvalue weighted by Crippen LogP contribution is -2.32. The summed E-state index contributed by atoms with van der Waals surface area (Å²) in [7, 11) is 0. The number of nitrogens with one attached hydrogen (secondary N) is 1. The molecular formula is C14H23NO. The van der Waals surface area contributed by atoms with Crippen LogP contribution in [0.15, 0.2) is 18.2 Å². The molecule has 0 saturated heterocycles. The largest absolute Gasteiger partial charge is 0.387 e. The second-order valence-electron chi connectivity index (χ2n) is 4.53. The van der Waals surface area contributed by atoms with E-state index in [-0.39, 0.29) is 6.04 Å². The van der Waals surface area contributed by atoms with Gasteiger partial charge in [-0.3, -0.25) is 0 Å². The van der Waals surface area contributed by atoms with Gasteiger partial charge in [-0.05, 0) is 50.4 Å². The molecule has 2 atom stereocenters. The highest BCUT2D eigenvalue weighted by Crippen LogP contribution is 2.19. The summed E-state index contributed by atoms with van der Waals surface area (Å²) in [6.45, 7) is 9.26. The van der Waals surface area contributed by atoms with Gasteiger partial charge in [-0.1, -0.05) is 25.1 Å². The molecule has 2 unspecified atom stereocenters. The Morgan fingerprint density at radius 2 is 1.94 bits per heavy atom. The van der Waals surface area contributed by atoms with Gasteiger partial charge in [-0.15, -0.1) is 0 Å². The zero-order chi connectivity index (χ0) is 12.1. The number of aliphatic hydroxyl groups excluding tert-OH is 1. The first kappa shape index (κ1) is 13.2. The molecule has 0 radical (unpaired) electrons. The van der Waals surface area contributed by atoms with Crippen LogP contribution in [0.25, 0.3) is 0 Å². The van der Waals surface area contributed by atoms with Gasteiger partial charge in [0.15, 0.2) is 0 Å². The maximum atomic E-state index is 10.2. The van der Waals surface area contributed by atoms with E-state index < -0.39 is 6.10 Å². The summed E-state index contributed by atoms with van der Waals surface area (Å²) in [5.74, 6) is 0. The lowest BCUT2D eigenvalue weighted by Gasteiger charge is -2.21. The molecule has 2 nitrogen and oxygen atoms in total. The van der Waals surface area contributed by atoms with Gasteiger partial charge in [0, 0.05) is 6.04 Å². The summed E-state index contributed by atoms with van der Waals surface area (Å²) in [5, 5.41) is 13.5. The van der Waals surface area contributed by atoms with Crippen LogP contribution in [0.1, 0.15) is 43.1 Å². The van der Waals surface area contributed by atoms with Gasteiger partial charge in [-0.25, -0.2) is 0 Å². The second kappa shape index (κ2) is 6.02. The summed E-state index contributed by atoms with van der Waals surface area (Å²) in [6.07, 6.45) is 0.662. The molecule has 1 aromatic rings. The first-order valence-corrected chi connectivity index (χ1v) is 6.04. The summed E-state index contributed by atoms with van der Waals surface area (Å²) in [6, 6.07) is 6.25. The number of hydrogen-bond donors (Lipinski definition) is 2. The van der Waals surface area contributed by atoms with Gasteiger partial charge in [0.05, 0.1) is 6.10 Å². The minimum absolute atomic E-state index is 0.0991. The summed E-state index contributed by atoms with van der Waals surface area (Å²) >= 11 is 0. The van der Waals surface area contributed by atoms with Crippen molar-refractivity contribution in [1.29, 1.82) is 0 Å². The summed E-state index contributed by atoms with van der Waals surface area (Å²) < 4.78 is 0. The minimum Gasteiger partial charge on any atom is -0.387 e. The van der Waals surface area contributed by atoms with E-state index in [9.17, 15) is 5.11 Å². The monoisotopic (exact) mass is 221 g/mol. The van der Waals surface area contributed by atoms with E-state index in [0.717, 1.165) is 18.5 Å². The van der Waals surface area contributed by atoms with Crippen LogP contribution in [0.5, 0.6) is 0 Å². The molecular weight excluding hydrogens is 198 g/mol.